The van der Waals surface area contributed by atoms with Crippen LogP contribution in [-0.4, -0.2) is 99.6 Å². The second-order valence-electron chi connectivity index (χ2n) is 25.6. The van der Waals surface area contributed by atoms with E-state index in [-0.39, 0.29) is 23.4 Å². The van der Waals surface area contributed by atoms with Crippen LogP contribution in [0.5, 0.6) is 11.5 Å². The number of nitrogens with zero attached hydrogens (tertiary/aromatic N) is 10. The van der Waals surface area contributed by atoms with Crippen LogP contribution in [0, 0.1) is 27.7 Å². The molecule has 17 rings (SSSR count). The molecular formula is C75H65ClF6N10O11S4. The molecule has 0 radical (unpaired) electrons. The molecule has 0 saturated carbocycles. The van der Waals surface area contributed by atoms with Crippen LogP contribution in [0.15, 0.2) is 199 Å². The minimum Gasteiger partial charge on any atom is -0.502 e. The van der Waals surface area contributed by atoms with E-state index in [0.717, 1.165) is 113 Å². The Balaban J connectivity index is 0.000000129. The number of carbonyl (C=O) groups is 2. The zero-order valence-corrected chi connectivity index (χ0v) is 61.7. The highest BCUT2D eigenvalue weighted by Gasteiger charge is 2.51. The lowest BCUT2D eigenvalue weighted by atomic mass is 9.96. The lowest BCUT2D eigenvalue weighted by molar-refractivity contribution is -0.173. The summed E-state index contributed by atoms with van der Waals surface area (Å²) >= 11 is 13.0. The molecule has 6 aromatic heterocycles. The number of alkyl halides is 7. The number of aliphatic hydroxyl groups is 1. The van der Waals surface area contributed by atoms with E-state index in [2.05, 4.69) is 32.8 Å². The zero-order valence-electron chi connectivity index (χ0n) is 57.7. The van der Waals surface area contributed by atoms with Gasteiger partial charge in [-0.1, -0.05) is 124 Å². The number of benzene rings is 5. The summed E-state index contributed by atoms with van der Waals surface area (Å²) in [6, 6.07) is 36.8. The highest BCUT2D eigenvalue weighted by molar-refractivity contribution is 7.99. The molecule has 2 amide bonds. The predicted molar refractivity (Wildman–Crippen MR) is 388 cm³/mol. The molecule has 21 nitrogen and oxygen atoms in total. The molecule has 0 saturated heterocycles. The van der Waals surface area contributed by atoms with Crippen LogP contribution < -0.4 is 25.6 Å². The standard InChI is InChI=1S/C29H25F3N4O4S.C22H19F3N4O4S.C12H10ClNOS.C12H11NO2S/c1-17-24-22(40-33-17)15-41-23-11-7-6-10-20(23)25(24)36-16-34(18(2)29(30,31)32)28(38)26-27(21(37)12-13-35(26)36)39-14-19-8-4-3-5-9-19;1-11-17-15(33-26-11)9-34-16-6-4-3-5-13(16)18(17)29-10-27(12(2)22(23,24)25)21(32)19-20(31)14(30)7-8-28(19)29;1-7-11-9(15-14-7)6-16-10-5-3-2-4-8(10)12(11)13;1-7-11-9(15-13-7)6-16-10-5-3-2-4-8(10)12(11)14/h3-13,18,25H,14-16H2,1-2H3;3-8,12,18,31H,9-10H2,1-2H3;2-5,12H,6H2,1H3;2-5,12,14H,6H2,1H3/t18-,25-;12-,18-;;/m11../s1. The number of aryl methyl sites for hydroxylation is 4. The number of thioether (sulfide) groups is 4. The van der Waals surface area contributed by atoms with E-state index in [1.807, 2.05) is 105 Å². The first-order valence-electron chi connectivity index (χ1n) is 33.4. The summed E-state index contributed by atoms with van der Waals surface area (Å²) in [6.07, 6.45) is -7.35. The molecule has 5 aromatic carbocycles. The average molecular weight is 1560 g/mol. The summed E-state index contributed by atoms with van der Waals surface area (Å²) in [5.41, 5.74) is 8.18. The van der Waals surface area contributed by atoms with E-state index in [9.17, 15) is 55.7 Å². The SMILES string of the molecule is Cc1noc2c1C(Cl)c1ccccc1SC2.Cc1noc2c1C(O)c1ccccc1SC2.Cc1noc2c1[C@H](N1CN([C@H](C)C(F)(F)F)C(=O)c3c(O)c(=O)ccn31)c1ccccc1SC2.Cc1noc2c1[C@H](N1CN([C@H](C)C(F)(F)F)C(=O)c3c(OCc4ccccc4)c(=O)ccn31)c1ccccc1SC2. The number of fused-ring (bicyclic) bond motifs is 10. The zero-order chi connectivity index (χ0) is 75.5. The first-order chi connectivity index (χ1) is 51.3. The fraction of sp³-hybridized carbons (Fsp3) is 0.280. The Morgan fingerprint density at radius 1 is 0.495 bits per heavy atom. The Morgan fingerprint density at radius 2 is 0.860 bits per heavy atom. The van der Waals surface area contributed by atoms with Crippen LogP contribution >= 0.6 is 58.6 Å². The van der Waals surface area contributed by atoms with Crippen molar-refractivity contribution >= 4 is 70.5 Å². The average Bonchev–Trinajstić information content (AvgIpc) is 0.780. The number of aromatic nitrogens is 6. The van der Waals surface area contributed by atoms with Crippen LogP contribution in [0.25, 0.3) is 0 Å². The van der Waals surface area contributed by atoms with Gasteiger partial charge in [0.05, 0.1) is 56.7 Å². The molecular weight excluding hydrogens is 1490 g/mol. The molecule has 6 aliphatic heterocycles. The quantitative estimate of drug-likeness (QED) is 0.111. The fourth-order valence-electron chi connectivity index (χ4n) is 13.6. The first-order valence-corrected chi connectivity index (χ1v) is 37.8. The molecule has 12 heterocycles. The Kier molecular flexibility index (Phi) is 20.8. The predicted octanol–water partition coefficient (Wildman–Crippen LogP) is 15.6. The van der Waals surface area contributed by atoms with Crippen LogP contribution in [0.3, 0.4) is 0 Å². The molecule has 554 valence electrons. The third kappa shape index (κ3) is 14.2. The van der Waals surface area contributed by atoms with E-state index >= 15 is 0 Å². The van der Waals surface area contributed by atoms with Gasteiger partial charge in [-0.3, -0.25) is 38.5 Å². The molecule has 107 heavy (non-hydrogen) atoms. The molecule has 32 heteroatoms. The van der Waals surface area contributed by atoms with Crippen LogP contribution in [0.4, 0.5) is 26.3 Å². The van der Waals surface area contributed by atoms with Crippen molar-refractivity contribution in [2.24, 2.45) is 0 Å². The van der Waals surface area contributed by atoms with Crippen LogP contribution in [0.1, 0.15) is 154 Å². The number of aromatic hydroxyl groups is 1. The van der Waals surface area contributed by atoms with Gasteiger partial charge in [0.1, 0.15) is 50.2 Å². The smallest absolute Gasteiger partial charge is 0.408 e. The molecule has 2 N–H and O–H groups in total. The number of ether oxygens (including phenoxy) is 1. The fourth-order valence-corrected chi connectivity index (χ4v) is 18.2. The highest BCUT2D eigenvalue weighted by Crippen LogP contribution is 2.49. The van der Waals surface area contributed by atoms with Gasteiger partial charge in [-0.15, -0.1) is 58.6 Å². The third-order valence-corrected chi connectivity index (χ3v) is 24.0. The number of aliphatic hydroxyl groups excluding tert-OH is 1. The second kappa shape index (κ2) is 30.1. The first kappa shape index (κ1) is 74.1. The summed E-state index contributed by atoms with van der Waals surface area (Å²) in [5.74, 6) is 2.03. The summed E-state index contributed by atoms with van der Waals surface area (Å²) in [6.45, 7) is 8.21. The van der Waals surface area contributed by atoms with Crippen molar-refractivity contribution in [1.29, 1.82) is 0 Å². The maximum Gasteiger partial charge on any atom is 0.408 e. The summed E-state index contributed by atoms with van der Waals surface area (Å²) in [4.78, 5) is 57.7. The van der Waals surface area contributed by atoms with Gasteiger partial charge >= 0.3 is 12.4 Å². The highest BCUT2D eigenvalue weighted by atomic mass is 35.5. The minimum absolute atomic E-state index is 0.0486. The number of hydrogen-bond acceptors (Lipinski definition) is 21. The number of hydrogen-bond donors (Lipinski definition) is 2. The molecule has 11 aromatic rings. The minimum atomic E-state index is -4.72. The van der Waals surface area contributed by atoms with E-state index in [1.54, 1.807) is 66.6 Å². The van der Waals surface area contributed by atoms with Crippen molar-refractivity contribution in [2.75, 3.05) is 23.4 Å². The lowest BCUT2D eigenvalue weighted by Gasteiger charge is -2.45. The van der Waals surface area contributed by atoms with E-state index in [1.165, 1.54) is 61.2 Å². The van der Waals surface area contributed by atoms with E-state index < -0.39 is 90.1 Å². The van der Waals surface area contributed by atoms with Crippen molar-refractivity contribution in [1.82, 2.24) is 39.8 Å². The van der Waals surface area contributed by atoms with E-state index in [0.29, 0.717) is 50.4 Å². The van der Waals surface area contributed by atoms with Gasteiger partial charge in [0, 0.05) is 60.8 Å². The Labute approximate surface area is 628 Å². The van der Waals surface area contributed by atoms with Crippen molar-refractivity contribution in [2.45, 2.75) is 139 Å². The van der Waals surface area contributed by atoms with Gasteiger partial charge < -0.3 is 42.8 Å². The number of halogens is 7. The normalized spacial score (nSPS) is 18.2. The maximum absolute atomic E-state index is 14.1. The maximum atomic E-state index is 14.1. The molecule has 6 aliphatic rings. The monoisotopic (exact) mass is 1560 g/mol. The van der Waals surface area contributed by atoms with Gasteiger partial charge in [-0.05, 0) is 93.6 Å². The largest absolute Gasteiger partial charge is 0.502 e. The summed E-state index contributed by atoms with van der Waals surface area (Å²) in [7, 11) is 0. The summed E-state index contributed by atoms with van der Waals surface area (Å²) in [5, 5.41) is 40.0. The van der Waals surface area contributed by atoms with Gasteiger partial charge in [-0.2, -0.15) is 26.3 Å². The number of pyridine rings is 2. The molecule has 2 unspecified atom stereocenters. The number of rotatable bonds is 7. The third-order valence-electron chi connectivity index (χ3n) is 19.1. The van der Waals surface area contributed by atoms with Crippen LogP contribution in [-0.2, 0) is 29.6 Å². The van der Waals surface area contributed by atoms with Gasteiger partial charge in [0.2, 0.25) is 10.9 Å². The van der Waals surface area contributed by atoms with Crippen molar-refractivity contribution in [3.8, 4) is 11.5 Å². The molecule has 6 atom stereocenters. The molecule has 0 fully saturated rings. The van der Waals surface area contributed by atoms with Crippen molar-refractivity contribution in [3.05, 3.63) is 280 Å². The van der Waals surface area contributed by atoms with Crippen molar-refractivity contribution in [3.63, 3.8) is 0 Å². The second-order valence-corrected chi connectivity index (χ2v) is 30.1. The summed E-state index contributed by atoms with van der Waals surface area (Å²) < 4.78 is 114. The molecule has 0 spiro atoms. The lowest BCUT2D eigenvalue weighted by Crippen LogP contribution is -2.60. The topological polar surface area (TPSA) is 245 Å². The number of carbonyl (C=O) groups excluding carboxylic acids is 2. The Hall–Kier alpha value is -9.79. The van der Waals surface area contributed by atoms with Crippen LogP contribution in [0.2, 0.25) is 0 Å². The number of amides is 2. The van der Waals surface area contributed by atoms with Gasteiger partial charge in [-0.25, -0.2) is 0 Å². The Morgan fingerprint density at radius 3 is 1.34 bits per heavy atom. The molecule has 0 bridgehead atoms. The van der Waals surface area contributed by atoms with Gasteiger partial charge in [0.15, 0.2) is 45.9 Å². The van der Waals surface area contributed by atoms with Crippen molar-refractivity contribution < 1.29 is 69.0 Å². The Bertz CT molecular complexity index is 5220. The molecule has 0 aliphatic carbocycles. The van der Waals surface area contributed by atoms with E-state index in [4.69, 9.17) is 34.4 Å². The van der Waals surface area contributed by atoms with Gasteiger partial charge in [0.25, 0.3) is 11.8 Å².